The molecule has 20 heavy (non-hydrogen) atoms. The highest BCUT2D eigenvalue weighted by Gasteiger charge is 2.19. The average molecular weight is 299 g/mol. The van der Waals surface area contributed by atoms with Gasteiger partial charge < -0.3 is 20.1 Å². The van der Waals surface area contributed by atoms with E-state index in [9.17, 15) is 4.79 Å². The van der Waals surface area contributed by atoms with Gasteiger partial charge in [-0.1, -0.05) is 18.5 Å². The summed E-state index contributed by atoms with van der Waals surface area (Å²) in [6.07, 6.45) is 0.779. The maximum atomic E-state index is 11.8. The van der Waals surface area contributed by atoms with Crippen molar-refractivity contribution >= 4 is 28.9 Å². The third-order valence-electron chi connectivity index (χ3n) is 3.09. The maximum Gasteiger partial charge on any atom is 0.338 e. The van der Waals surface area contributed by atoms with Gasteiger partial charge >= 0.3 is 5.97 Å². The number of anilines is 2. The van der Waals surface area contributed by atoms with Crippen molar-refractivity contribution in [2.24, 2.45) is 0 Å². The molecule has 1 fully saturated rings. The Bertz CT molecular complexity index is 464. The summed E-state index contributed by atoms with van der Waals surface area (Å²) in [7, 11) is 0. The largest absolute Gasteiger partial charge is 0.462 e. The summed E-state index contributed by atoms with van der Waals surface area (Å²) < 4.78 is 10.4. The Balaban J connectivity index is 2.21. The standard InChI is InChI=1S/C14H19ClN2O3/c1-2-5-20-14(18)10-8-11(15)13(12(16)9-10)17-3-6-19-7-4-17/h8-9H,2-7,16H2,1H3. The number of halogens is 1. The van der Waals surface area contributed by atoms with E-state index in [-0.39, 0.29) is 0 Å². The van der Waals surface area contributed by atoms with Gasteiger partial charge in [0.2, 0.25) is 0 Å². The quantitative estimate of drug-likeness (QED) is 0.683. The molecule has 2 N–H and O–H groups in total. The number of ether oxygens (including phenoxy) is 2. The summed E-state index contributed by atoms with van der Waals surface area (Å²) in [5.74, 6) is -0.394. The van der Waals surface area contributed by atoms with Crippen molar-refractivity contribution in [2.45, 2.75) is 13.3 Å². The van der Waals surface area contributed by atoms with E-state index in [1.54, 1.807) is 12.1 Å². The summed E-state index contributed by atoms with van der Waals surface area (Å²) in [4.78, 5) is 13.9. The van der Waals surface area contributed by atoms with E-state index in [0.717, 1.165) is 25.2 Å². The molecular formula is C14H19ClN2O3. The first-order chi connectivity index (χ1) is 9.63. The molecule has 1 saturated heterocycles. The maximum absolute atomic E-state index is 11.8. The van der Waals surface area contributed by atoms with Crippen LogP contribution in [0.3, 0.4) is 0 Å². The molecular weight excluding hydrogens is 280 g/mol. The monoisotopic (exact) mass is 298 g/mol. The third-order valence-corrected chi connectivity index (χ3v) is 3.38. The molecule has 1 aromatic rings. The fraction of sp³-hybridized carbons (Fsp3) is 0.500. The first-order valence-corrected chi connectivity index (χ1v) is 7.10. The predicted octanol–water partition coefficient (Wildman–Crippen LogP) is 2.33. The number of nitrogen functional groups attached to an aromatic ring is 1. The smallest absolute Gasteiger partial charge is 0.338 e. The van der Waals surface area contributed by atoms with E-state index in [1.165, 1.54) is 0 Å². The second-order valence-corrected chi connectivity index (χ2v) is 5.04. The molecule has 1 heterocycles. The highest BCUT2D eigenvalue weighted by atomic mass is 35.5. The normalized spacial score (nSPS) is 15.2. The molecule has 0 unspecified atom stereocenters. The molecule has 5 nitrogen and oxygen atoms in total. The van der Waals surface area contributed by atoms with Gasteiger partial charge in [0.25, 0.3) is 0 Å². The number of benzene rings is 1. The summed E-state index contributed by atoms with van der Waals surface area (Å²) in [6.45, 7) is 5.11. The van der Waals surface area contributed by atoms with Gasteiger partial charge in [0.1, 0.15) is 0 Å². The molecule has 0 radical (unpaired) electrons. The van der Waals surface area contributed by atoms with Crippen LogP contribution in [0.5, 0.6) is 0 Å². The van der Waals surface area contributed by atoms with Crippen LogP contribution in [0.4, 0.5) is 11.4 Å². The first-order valence-electron chi connectivity index (χ1n) is 6.72. The average Bonchev–Trinajstić information content (AvgIpc) is 2.45. The van der Waals surface area contributed by atoms with Gasteiger partial charge in [-0.3, -0.25) is 0 Å². The Morgan fingerprint density at radius 3 is 2.75 bits per heavy atom. The molecule has 1 aromatic carbocycles. The SMILES string of the molecule is CCCOC(=O)c1cc(N)c(N2CCOCC2)c(Cl)c1. The van der Waals surface area contributed by atoms with Crippen LogP contribution in [0.15, 0.2) is 12.1 Å². The number of nitrogens with zero attached hydrogens (tertiary/aromatic N) is 1. The molecule has 0 amide bonds. The molecule has 1 aliphatic heterocycles. The Labute approximate surface area is 123 Å². The van der Waals surface area contributed by atoms with Gasteiger partial charge in [-0.15, -0.1) is 0 Å². The van der Waals surface area contributed by atoms with Crippen molar-refractivity contribution < 1.29 is 14.3 Å². The van der Waals surface area contributed by atoms with Gasteiger partial charge in [0.05, 0.1) is 41.8 Å². The van der Waals surface area contributed by atoms with Crippen molar-refractivity contribution in [2.75, 3.05) is 43.5 Å². The second kappa shape index (κ2) is 6.81. The minimum absolute atomic E-state index is 0.387. The lowest BCUT2D eigenvalue weighted by atomic mass is 10.1. The number of hydrogen-bond donors (Lipinski definition) is 1. The molecule has 0 aromatic heterocycles. The van der Waals surface area contributed by atoms with Gasteiger partial charge in [-0.25, -0.2) is 4.79 Å². The first kappa shape index (κ1) is 14.9. The van der Waals surface area contributed by atoms with Crippen molar-refractivity contribution in [3.05, 3.63) is 22.7 Å². The van der Waals surface area contributed by atoms with Crippen molar-refractivity contribution in [3.63, 3.8) is 0 Å². The lowest BCUT2D eigenvalue weighted by Crippen LogP contribution is -2.36. The number of carbonyl (C=O) groups excluding carboxylic acids is 1. The summed E-state index contributed by atoms with van der Waals surface area (Å²) in [6, 6.07) is 3.23. The number of esters is 1. The van der Waals surface area contributed by atoms with Crippen molar-refractivity contribution in [1.82, 2.24) is 0 Å². The number of carbonyl (C=O) groups is 1. The minimum atomic E-state index is -0.394. The van der Waals surface area contributed by atoms with E-state index >= 15 is 0 Å². The van der Waals surface area contributed by atoms with Gasteiger partial charge in [0.15, 0.2) is 0 Å². The minimum Gasteiger partial charge on any atom is -0.462 e. The zero-order chi connectivity index (χ0) is 14.5. The van der Waals surface area contributed by atoms with Crippen LogP contribution >= 0.6 is 11.6 Å². The van der Waals surface area contributed by atoms with E-state index in [0.29, 0.717) is 36.1 Å². The van der Waals surface area contributed by atoms with E-state index < -0.39 is 5.97 Å². The molecule has 0 aliphatic carbocycles. The summed E-state index contributed by atoms with van der Waals surface area (Å²) in [5.41, 5.74) is 7.69. The predicted molar refractivity (Wildman–Crippen MR) is 79.5 cm³/mol. The Morgan fingerprint density at radius 2 is 2.15 bits per heavy atom. The highest BCUT2D eigenvalue weighted by molar-refractivity contribution is 6.34. The molecule has 110 valence electrons. The molecule has 0 bridgehead atoms. The highest BCUT2D eigenvalue weighted by Crippen LogP contribution is 2.34. The lowest BCUT2D eigenvalue weighted by molar-refractivity contribution is 0.0505. The van der Waals surface area contributed by atoms with Crippen LogP contribution in [0.25, 0.3) is 0 Å². The van der Waals surface area contributed by atoms with Crippen molar-refractivity contribution in [1.29, 1.82) is 0 Å². The second-order valence-electron chi connectivity index (χ2n) is 4.63. The van der Waals surface area contributed by atoms with Gasteiger partial charge in [0, 0.05) is 13.1 Å². The molecule has 1 aliphatic rings. The fourth-order valence-electron chi connectivity index (χ4n) is 2.14. The third kappa shape index (κ3) is 3.35. The van der Waals surface area contributed by atoms with Crippen LogP contribution in [-0.4, -0.2) is 38.9 Å². The Morgan fingerprint density at radius 1 is 1.45 bits per heavy atom. The van der Waals surface area contributed by atoms with Crippen LogP contribution in [0, 0.1) is 0 Å². The number of nitrogens with two attached hydrogens (primary N) is 1. The van der Waals surface area contributed by atoms with E-state index in [1.807, 2.05) is 6.92 Å². The molecule has 6 heteroatoms. The zero-order valence-corrected chi connectivity index (χ0v) is 12.3. The topological polar surface area (TPSA) is 64.8 Å². The van der Waals surface area contributed by atoms with Crippen LogP contribution < -0.4 is 10.6 Å². The van der Waals surface area contributed by atoms with Crippen LogP contribution in [0.2, 0.25) is 5.02 Å². The number of morpholine rings is 1. The molecule has 0 saturated carbocycles. The summed E-state index contributed by atoms with van der Waals surface area (Å²) >= 11 is 6.28. The number of rotatable bonds is 4. The number of hydrogen-bond acceptors (Lipinski definition) is 5. The Kier molecular flexibility index (Phi) is 5.09. The van der Waals surface area contributed by atoms with Crippen LogP contribution in [0.1, 0.15) is 23.7 Å². The van der Waals surface area contributed by atoms with Gasteiger partial charge in [-0.2, -0.15) is 0 Å². The lowest BCUT2D eigenvalue weighted by Gasteiger charge is -2.30. The molecule has 0 spiro atoms. The molecule has 2 rings (SSSR count). The summed E-state index contributed by atoms with van der Waals surface area (Å²) in [5, 5.41) is 0.468. The van der Waals surface area contributed by atoms with Crippen molar-refractivity contribution in [3.8, 4) is 0 Å². The fourth-order valence-corrected chi connectivity index (χ4v) is 2.48. The van der Waals surface area contributed by atoms with Crippen LogP contribution in [-0.2, 0) is 9.47 Å². The zero-order valence-electron chi connectivity index (χ0n) is 11.5. The Hall–Kier alpha value is -1.46. The van der Waals surface area contributed by atoms with Gasteiger partial charge in [-0.05, 0) is 18.6 Å². The van der Waals surface area contributed by atoms with E-state index in [4.69, 9.17) is 26.8 Å². The van der Waals surface area contributed by atoms with E-state index in [2.05, 4.69) is 4.90 Å². The molecule has 0 atom stereocenters.